The van der Waals surface area contributed by atoms with Crippen molar-refractivity contribution < 1.29 is 9.84 Å². The summed E-state index contributed by atoms with van der Waals surface area (Å²) >= 11 is 0. The molecule has 13 heavy (non-hydrogen) atoms. The van der Waals surface area contributed by atoms with Crippen LogP contribution >= 0.6 is 0 Å². The number of aliphatic hydroxyl groups is 1. The Morgan fingerprint density at radius 2 is 2.08 bits per heavy atom. The lowest BCUT2D eigenvalue weighted by Crippen LogP contribution is -2.26. The lowest BCUT2D eigenvalue weighted by molar-refractivity contribution is -0.191. The monoisotopic (exact) mass is 178 g/mol. The van der Waals surface area contributed by atoms with E-state index in [-0.39, 0.29) is 0 Å². The largest absolute Gasteiger partial charge is 0.362 e. The minimum atomic E-state index is -1.23. The molecular weight excluding hydrogens is 164 g/mol. The molecule has 0 fully saturated rings. The highest BCUT2D eigenvalue weighted by Crippen LogP contribution is 2.25. The summed E-state index contributed by atoms with van der Waals surface area (Å²) in [7, 11) is 1.48. The van der Waals surface area contributed by atoms with E-state index in [4.69, 9.17) is 4.74 Å². The highest BCUT2D eigenvalue weighted by molar-refractivity contribution is 5.20. The van der Waals surface area contributed by atoms with Gasteiger partial charge in [-0.3, -0.25) is 0 Å². The lowest BCUT2D eigenvalue weighted by atomic mass is 10.0. The van der Waals surface area contributed by atoms with Gasteiger partial charge in [-0.1, -0.05) is 36.4 Å². The zero-order valence-electron chi connectivity index (χ0n) is 7.73. The molecule has 1 aromatic carbocycles. The van der Waals surface area contributed by atoms with E-state index in [0.29, 0.717) is 6.42 Å². The van der Waals surface area contributed by atoms with Crippen LogP contribution in [0.2, 0.25) is 0 Å². The number of ether oxygens (including phenoxy) is 1. The van der Waals surface area contributed by atoms with E-state index in [9.17, 15) is 5.11 Å². The van der Waals surface area contributed by atoms with E-state index in [1.807, 2.05) is 30.3 Å². The number of hydrogen-bond acceptors (Lipinski definition) is 2. The maximum atomic E-state index is 10.00. The highest BCUT2D eigenvalue weighted by Gasteiger charge is 2.26. The Hall–Kier alpha value is -1.12. The second-order valence-corrected chi connectivity index (χ2v) is 2.85. The van der Waals surface area contributed by atoms with Gasteiger partial charge in [0.1, 0.15) is 0 Å². The van der Waals surface area contributed by atoms with Gasteiger partial charge in [0.2, 0.25) is 0 Å². The summed E-state index contributed by atoms with van der Waals surface area (Å²) in [5.74, 6) is -1.23. The Bertz CT molecular complexity index is 269. The quantitative estimate of drug-likeness (QED) is 0.565. The molecule has 0 saturated carbocycles. The van der Waals surface area contributed by atoms with Gasteiger partial charge < -0.3 is 9.84 Å². The third-order valence-electron chi connectivity index (χ3n) is 1.98. The third kappa shape index (κ3) is 2.17. The molecule has 0 saturated heterocycles. The van der Waals surface area contributed by atoms with Gasteiger partial charge in [0.25, 0.3) is 0 Å². The van der Waals surface area contributed by atoms with E-state index < -0.39 is 5.79 Å². The number of benzene rings is 1. The zero-order chi connectivity index (χ0) is 9.73. The summed E-state index contributed by atoms with van der Waals surface area (Å²) in [6.45, 7) is 3.58. The fraction of sp³-hybridized carbons (Fsp3) is 0.273. The first-order chi connectivity index (χ1) is 6.23. The minimum absolute atomic E-state index is 0.382. The lowest BCUT2D eigenvalue weighted by Gasteiger charge is -2.25. The normalized spacial score (nSPS) is 14.9. The molecule has 1 rings (SSSR count). The van der Waals surface area contributed by atoms with Crippen LogP contribution in [0.4, 0.5) is 0 Å². The van der Waals surface area contributed by atoms with Crippen LogP contribution in [-0.4, -0.2) is 12.2 Å². The molecule has 1 aromatic rings. The number of rotatable bonds is 4. The van der Waals surface area contributed by atoms with Crippen molar-refractivity contribution in [2.75, 3.05) is 7.11 Å². The molecule has 1 unspecified atom stereocenters. The van der Waals surface area contributed by atoms with Gasteiger partial charge in [0.05, 0.1) is 0 Å². The fourth-order valence-electron chi connectivity index (χ4n) is 1.21. The average Bonchev–Trinajstić information content (AvgIpc) is 2.19. The van der Waals surface area contributed by atoms with Crippen LogP contribution in [0.1, 0.15) is 12.0 Å². The molecule has 1 atom stereocenters. The first-order valence-corrected chi connectivity index (χ1v) is 4.17. The molecule has 0 bridgehead atoms. The van der Waals surface area contributed by atoms with Crippen molar-refractivity contribution in [1.82, 2.24) is 0 Å². The van der Waals surface area contributed by atoms with Crippen molar-refractivity contribution >= 4 is 0 Å². The van der Waals surface area contributed by atoms with Gasteiger partial charge in [0, 0.05) is 19.1 Å². The standard InChI is InChI=1S/C11H14O2/c1-3-9-11(12,13-2)10-7-5-4-6-8-10/h3-8,12H,1,9H2,2H3. The molecule has 0 aliphatic rings. The molecule has 0 heterocycles. The summed E-state index contributed by atoms with van der Waals surface area (Å²) < 4.78 is 5.05. The molecule has 2 nitrogen and oxygen atoms in total. The fourth-order valence-corrected chi connectivity index (χ4v) is 1.21. The Labute approximate surface area is 78.5 Å². The van der Waals surface area contributed by atoms with Crippen LogP contribution in [0.3, 0.4) is 0 Å². The van der Waals surface area contributed by atoms with Crippen LogP contribution in [0.25, 0.3) is 0 Å². The van der Waals surface area contributed by atoms with Gasteiger partial charge in [-0.2, -0.15) is 0 Å². The first kappa shape index (κ1) is 9.96. The van der Waals surface area contributed by atoms with Crippen LogP contribution in [0.15, 0.2) is 43.0 Å². The minimum Gasteiger partial charge on any atom is -0.362 e. The number of methoxy groups -OCH3 is 1. The second kappa shape index (κ2) is 4.21. The van der Waals surface area contributed by atoms with Crippen molar-refractivity contribution in [2.24, 2.45) is 0 Å². The van der Waals surface area contributed by atoms with E-state index >= 15 is 0 Å². The molecule has 0 spiro atoms. The summed E-state index contributed by atoms with van der Waals surface area (Å²) in [5, 5.41) is 10.00. The maximum absolute atomic E-state index is 10.00. The van der Waals surface area contributed by atoms with Crippen molar-refractivity contribution in [3.05, 3.63) is 48.6 Å². The van der Waals surface area contributed by atoms with Gasteiger partial charge in [-0.05, 0) is 0 Å². The Kier molecular flexibility index (Phi) is 3.23. The van der Waals surface area contributed by atoms with Crippen LogP contribution in [0, 0.1) is 0 Å². The van der Waals surface area contributed by atoms with Gasteiger partial charge in [-0.15, -0.1) is 6.58 Å². The molecule has 2 heteroatoms. The van der Waals surface area contributed by atoms with Gasteiger partial charge in [-0.25, -0.2) is 0 Å². The van der Waals surface area contributed by atoms with E-state index in [0.717, 1.165) is 5.56 Å². The Morgan fingerprint density at radius 1 is 1.46 bits per heavy atom. The van der Waals surface area contributed by atoms with Crippen LogP contribution in [0.5, 0.6) is 0 Å². The highest BCUT2D eigenvalue weighted by atomic mass is 16.6. The molecule has 0 aliphatic heterocycles. The van der Waals surface area contributed by atoms with Crippen LogP contribution in [-0.2, 0) is 10.5 Å². The van der Waals surface area contributed by atoms with Crippen LogP contribution < -0.4 is 0 Å². The van der Waals surface area contributed by atoms with E-state index in [1.165, 1.54) is 7.11 Å². The predicted octanol–water partition coefficient (Wildman–Crippen LogP) is 2.05. The molecular formula is C11H14O2. The van der Waals surface area contributed by atoms with Crippen molar-refractivity contribution in [3.8, 4) is 0 Å². The second-order valence-electron chi connectivity index (χ2n) is 2.85. The Balaban J connectivity index is 2.95. The van der Waals surface area contributed by atoms with Gasteiger partial charge in [0.15, 0.2) is 5.79 Å². The zero-order valence-corrected chi connectivity index (χ0v) is 7.73. The SMILES string of the molecule is C=CCC(O)(OC)c1ccccc1. The van der Waals surface area contributed by atoms with Crippen molar-refractivity contribution in [1.29, 1.82) is 0 Å². The van der Waals surface area contributed by atoms with Gasteiger partial charge >= 0.3 is 0 Å². The average molecular weight is 178 g/mol. The summed E-state index contributed by atoms with van der Waals surface area (Å²) in [5.41, 5.74) is 0.748. The molecule has 0 aliphatic carbocycles. The van der Waals surface area contributed by atoms with E-state index in [2.05, 4.69) is 6.58 Å². The molecule has 0 radical (unpaired) electrons. The summed E-state index contributed by atoms with van der Waals surface area (Å²) in [4.78, 5) is 0. The first-order valence-electron chi connectivity index (χ1n) is 4.17. The third-order valence-corrected chi connectivity index (χ3v) is 1.98. The molecule has 70 valence electrons. The molecule has 0 aromatic heterocycles. The van der Waals surface area contributed by atoms with Crippen molar-refractivity contribution in [3.63, 3.8) is 0 Å². The summed E-state index contributed by atoms with van der Waals surface area (Å²) in [6, 6.07) is 9.28. The Morgan fingerprint density at radius 3 is 2.54 bits per heavy atom. The molecule has 1 N–H and O–H groups in total. The molecule has 0 amide bonds. The smallest absolute Gasteiger partial charge is 0.195 e. The topological polar surface area (TPSA) is 29.5 Å². The van der Waals surface area contributed by atoms with Crippen molar-refractivity contribution in [2.45, 2.75) is 12.2 Å². The maximum Gasteiger partial charge on any atom is 0.195 e. The predicted molar refractivity (Wildman–Crippen MR) is 52.2 cm³/mol. The number of hydrogen-bond donors (Lipinski definition) is 1. The van der Waals surface area contributed by atoms with E-state index in [1.54, 1.807) is 6.08 Å². The summed E-state index contributed by atoms with van der Waals surface area (Å²) in [6.07, 6.45) is 2.02.